The predicted molar refractivity (Wildman–Crippen MR) is 65.8 cm³/mol. The van der Waals surface area contributed by atoms with E-state index >= 15 is 0 Å². The first-order valence-corrected chi connectivity index (χ1v) is 6.14. The van der Waals surface area contributed by atoms with Gasteiger partial charge < -0.3 is 10.1 Å². The summed E-state index contributed by atoms with van der Waals surface area (Å²) in [6, 6.07) is 4.57. The summed E-state index contributed by atoms with van der Waals surface area (Å²) in [5.74, 6) is 1.56. The second kappa shape index (κ2) is 5.19. The molecule has 1 heterocycles. The molecule has 1 aromatic rings. The number of rotatable bonds is 4. The molecule has 1 aliphatic rings. The molecule has 1 saturated carbocycles. The van der Waals surface area contributed by atoms with Gasteiger partial charge >= 0.3 is 0 Å². The summed E-state index contributed by atoms with van der Waals surface area (Å²) in [5, 5.41) is 3.54. The highest BCUT2D eigenvalue weighted by Crippen LogP contribution is 2.30. The Morgan fingerprint density at radius 2 is 2.38 bits per heavy atom. The Hall–Kier alpha value is -1.25. The molecule has 3 heteroatoms. The van der Waals surface area contributed by atoms with Gasteiger partial charge in [0.05, 0.1) is 12.3 Å². The van der Waals surface area contributed by atoms with Crippen LogP contribution in [-0.4, -0.2) is 17.6 Å². The molecule has 16 heavy (non-hydrogen) atoms. The number of nitrogens with one attached hydrogen (secondary N) is 1. The summed E-state index contributed by atoms with van der Waals surface area (Å²) >= 11 is 0. The third kappa shape index (κ3) is 2.65. The van der Waals surface area contributed by atoms with Gasteiger partial charge in [-0.15, -0.1) is 0 Å². The lowest BCUT2D eigenvalue weighted by Crippen LogP contribution is -2.16. The fraction of sp³-hybridized carbons (Fsp3) is 0.615. The lowest BCUT2D eigenvalue weighted by molar-refractivity contribution is 0.328. The Kier molecular flexibility index (Phi) is 3.65. The van der Waals surface area contributed by atoms with Crippen LogP contribution in [0, 0.1) is 5.92 Å². The average Bonchev–Trinajstić information content (AvgIpc) is 2.67. The standard InChI is InChI=1S/C13H20N2O/c1-3-16-13-12(5-4-8-14-13)15-11-7-6-10(2)9-11/h4-5,8,10-11,15H,3,6-7,9H2,1-2H3. The van der Waals surface area contributed by atoms with Crippen LogP contribution in [0.3, 0.4) is 0 Å². The Labute approximate surface area is 97.2 Å². The van der Waals surface area contributed by atoms with Gasteiger partial charge in [-0.1, -0.05) is 6.92 Å². The van der Waals surface area contributed by atoms with E-state index in [1.54, 1.807) is 6.20 Å². The van der Waals surface area contributed by atoms with Crippen molar-refractivity contribution in [3.05, 3.63) is 18.3 Å². The Morgan fingerprint density at radius 1 is 1.50 bits per heavy atom. The van der Waals surface area contributed by atoms with Crippen LogP contribution in [-0.2, 0) is 0 Å². The van der Waals surface area contributed by atoms with Crippen molar-refractivity contribution >= 4 is 5.69 Å². The van der Waals surface area contributed by atoms with Crippen LogP contribution < -0.4 is 10.1 Å². The molecule has 1 fully saturated rings. The van der Waals surface area contributed by atoms with E-state index in [1.165, 1.54) is 19.3 Å². The van der Waals surface area contributed by atoms with E-state index < -0.39 is 0 Å². The third-order valence-electron chi connectivity index (χ3n) is 3.11. The van der Waals surface area contributed by atoms with E-state index in [4.69, 9.17) is 4.74 Å². The minimum Gasteiger partial charge on any atom is -0.476 e. The molecule has 88 valence electrons. The molecule has 1 N–H and O–H groups in total. The first-order valence-electron chi connectivity index (χ1n) is 6.14. The molecule has 0 spiro atoms. The summed E-state index contributed by atoms with van der Waals surface area (Å²) in [6.07, 6.45) is 5.59. The smallest absolute Gasteiger partial charge is 0.237 e. The van der Waals surface area contributed by atoms with Crippen molar-refractivity contribution in [1.82, 2.24) is 4.98 Å². The van der Waals surface area contributed by atoms with E-state index in [1.807, 2.05) is 19.1 Å². The lowest BCUT2D eigenvalue weighted by atomic mass is 10.1. The van der Waals surface area contributed by atoms with Crippen molar-refractivity contribution in [2.24, 2.45) is 5.92 Å². The van der Waals surface area contributed by atoms with Gasteiger partial charge in [0, 0.05) is 12.2 Å². The van der Waals surface area contributed by atoms with Gasteiger partial charge in [-0.25, -0.2) is 4.98 Å². The molecule has 0 aromatic carbocycles. The number of anilines is 1. The largest absolute Gasteiger partial charge is 0.476 e. The van der Waals surface area contributed by atoms with E-state index in [0.29, 0.717) is 12.6 Å². The zero-order chi connectivity index (χ0) is 11.4. The molecular formula is C13H20N2O. The molecular weight excluding hydrogens is 200 g/mol. The van der Waals surface area contributed by atoms with Crippen LogP contribution in [0.4, 0.5) is 5.69 Å². The number of hydrogen-bond acceptors (Lipinski definition) is 3. The van der Waals surface area contributed by atoms with Crippen LogP contribution >= 0.6 is 0 Å². The van der Waals surface area contributed by atoms with Crippen molar-refractivity contribution in [3.8, 4) is 5.88 Å². The van der Waals surface area contributed by atoms with Crippen molar-refractivity contribution in [2.75, 3.05) is 11.9 Å². The van der Waals surface area contributed by atoms with Gasteiger partial charge in [-0.05, 0) is 44.2 Å². The Morgan fingerprint density at radius 3 is 3.06 bits per heavy atom. The summed E-state index contributed by atoms with van der Waals surface area (Å²) in [7, 11) is 0. The molecule has 0 saturated heterocycles. The zero-order valence-corrected chi connectivity index (χ0v) is 10.1. The fourth-order valence-electron chi connectivity index (χ4n) is 2.31. The van der Waals surface area contributed by atoms with E-state index in [0.717, 1.165) is 17.5 Å². The second-order valence-electron chi connectivity index (χ2n) is 4.55. The first-order chi connectivity index (χ1) is 7.79. The van der Waals surface area contributed by atoms with E-state index in [-0.39, 0.29) is 0 Å². The van der Waals surface area contributed by atoms with Crippen LogP contribution in [0.5, 0.6) is 5.88 Å². The summed E-state index contributed by atoms with van der Waals surface area (Å²) in [6.45, 7) is 4.96. The van der Waals surface area contributed by atoms with Gasteiger partial charge in [-0.3, -0.25) is 0 Å². The van der Waals surface area contributed by atoms with Crippen LogP contribution in [0.15, 0.2) is 18.3 Å². The number of pyridine rings is 1. The van der Waals surface area contributed by atoms with E-state index in [9.17, 15) is 0 Å². The average molecular weight is 220 g/mol. The SMILES string of the molecule is CCOc1ncccc1NC1CCC(C)C1. The molecule has 3 nitrogen and oxygen atoms in total. The highest BCUT2D eigenvalue weighted by atomic mass is 16.5. The van der Waals surface area contributed by atoms with Gasteiger partial charge in [0.1, 0.15) is 0 Å². The molecule has 0 amide bonds. The number of ether oxygens (including phenoxy) is 1. The Bertz CT molecular complexity index is 340. The van der Waals surface area contributed by atoms with Gasteiger partial charge in [-0.2, -0.15) is 0 Å². The molecule has 2 rings (SSSR count). The van der Waals surface area contributed by atoms with Crippen molar-refractivity contribution in [2.45, 2.75) is 39.2 Å². The van der Waals surface area contributed by atoms with Gasteiger partial charge in [0.25, 0.3) is 0 Å². The van der Waals surface area contributed by atoms with Gasteiger partial charge in [0.2, 0.25) is 5.88 Å². The first kappa shape index (κ1) is 11.2. The molecule has 0 aliphatic heterocycles. The molecule has 1 aromatic heterocycles. The summed E-state index contributed by atoms with van der Waals surface area (Å²) in [4.78, 5) is 4.24. The highest BCUT2D eigenvalue weighted by molar-refractivity contribution is 5.52. The highest BCUT2D eigenvalue weighted by Gasteiger charge is 2.21. The number of hydrogen-bond donors (Lipinski definition) is 1. The molecule has 2 unspecified atom stereocenters. The maximum atomic E-state index is 5.50. The van der Waals surface area contributed by atoms with Crippen molar-refractivity contribution < 1.29 is 4.74 Å². The maximum absolute atomic E-state index is 5.50. The second-order valence-corrected chi connectivity index (χ2v) is 4.55. The maximum Gasteiger partial charge on any atom is 0.237 e. The Balaban J connectivity index is 2.02. The minimum absolute atomic E-state index is 0.582. The summed E-state index contributed by atoms with van der Waals surface area (Å²) in [5.41, 5.74) is 1.03. The van der Waals surface area contributed by atoms with Crippen LogP contribution in [0.2, 0.25) is 0 Å². The normalized spacial score (nSPS) is 24.4. The number of nitrogens with zero attached hydrogens (tertiary/aromatic N) is 1. The molecule has 0 radical (unpaired) electrons. The topological polar surface area (TPSA) is 34.1 Å². The predicted octanol–water partition coefficient (Wildman–Crippen LogP) is 3.08. The fourth-order valence-corrected chi connectivity index (χ4v) is 2.31. The monoisotopic (exact) mass is 220 g/mol. The van der Waals surface area contributed by atoms with Crippen LogP contribution in [0.25, 0.3) is 0 Å². The minimum atomic E-state index is 0.582. The number of aromatic nitrogens is 1. The van der Waals surface area contributed by atoms with Gasteiger partial charge in [0.15, 0.2) is 0 Å². The quantitative estimate of drug-likeness (QED) is 0.846. The van der Waals surface area contributed by atoms with Crippen molar-refractivity contribution in [3.63, 3.8) is 0 Å². The summed E-state index contributed by atoms with van der Waals surface area (Å²) < 4.78 is 5.50. The van der Waals surface area contributed by atoms with E-state index in [2.05, 4.69) is 17.2 Å². The molecule has 2 atom stereocenters. The molecule has 1 aliphatic carbocycles. The zero-order valence-electron chi connectivity index (χ0n) is 10.1. The van der Waals surface area contributed by atoms with Crippen LogP contribution in [0.1, 0.15) is 33.1 Å². The third-order valence-corrected chi connectivity index (χ3v) is 3.11. The van der Waals surface area contributed by atoms with Crippen molar-refractivity contribution in [1.29, 1.82) is 0 Å². The molecule has 0 bridgehead atoms. The lowest BCUT2D eigenvalue weighted by Gasteiger charge is -2.16.